The van der Waals surface area contributed by atoms with E-state index in [2.05, 4.69) is 54.1 Å². The van der Waals surface area contributed by atoms with Gasteiger partial charge >= 0.3 is 0 Å². The molecule has 1 saturated heterocycles. The maximum absolute atomic E-state index is 12.4. The first-order chi connectivity index (χ1) is 14.1. The molecule has 2 heterocycles. The van der Waals surface area contributed by atoms with Crippen LogP contribution < -0.4 is 10.2 Å². The Bertz CT molecular complexity index is 885. The monoisotopic (exact) mass is 392 g/mol. The van der Waals surface area contributed by atoms with Crippen molar-refractivity contribution in [3.05, 3.63) is 64.5 Å². The number of quaternary nitrogens is 1. The Hall–Kier alpha value is -2.33. The number of carbonyl (C=O) groups is 1. The highest BCUT2D eigenvalue weighted by Gasteiger charge is 2.26. The standard InChI is InChI=1S/C25H33N3O/c1-19-16-21(20(2)28(19)24-11-12-24)10-13-25(29)26-17-22-8-4-5-9-23(22)18-27-14-6-3-7-15-27/h4-5,8-10,13,16,24H,3,6-7,11-12,14-15,17-18H2,1-2H3,(H,26,29)/p+1/b13-10+. The molecular weight excluding hydrogens is 358 g/mol. The van der Waals surface area contributed by atoms with Crippen LogP contribution in [0.4, 0.5) is 0 Å². The lowest BCUT2D eigenvalue weighted by Crippen LogP contribution is -3.11. The third-order valence-electron chi connectivity index (χ3n) is 6.42. The Morgan fingerprint density at radius 3 is 2.59 bits per heavy atom. The molecule has 1 saturated carbocycles. The summed E-state index contributed by atoms with van der Waals surface area (Å²) >= 11 is 0. The molecule has 1 aliphatic heterocycles. The number of hydrogen-bond donors (Lipinski definition) is 2. The molecule has 29 heavy (non-hydrogen) atoms. The van der Waals surface area contributed by atoms with Crippen molar-refractivity contribution in [3.8, 4) is 0 Å². The van der Waals surface area contributed by atoms with E-state index in [9.17, 15) is 4.79 Å². The molecule has 0 atom stereocenters. The van der Waals surface area contributed by atoms with E-state index in [1.165, 1.54) is 67.7 Å². The Balaban J connectivity index is 1.35. The predicted molar refractivity (Wildman–Crippen MR) is 118 cm³/mol. The van der Waals surface area contributed by atoms with Crippen molar-refractivity contribution in [2.75, 3.05) is 13.1 Å². The van der Waals surface area contributed by atoms with Gasteiger partial charge in [0.2, 0.25) is 5.91 Å². The number of aryl methyl sites for hydroxylation is 1. The molecule has 0 radical (unpaired) electrons. The molecule has 4 heteroatoms. The van der Waals surface area contributed by atoms with Crippen LogP contribution in [0.3, 0.4) is 0 Å². The summed E-state index contributed by atoms with van der Waals surface area (Å²) in [6.07, 6.45) is 10.2. The van der Waals surface area contributed by atoms with Gasteiger partial charge < -0.3 is 14.8 Å². The van der Waals surface area contributed by atoms with Crippen molar-refractivity contribution < 1.29 is 9.69 Å². The van der Waals surface area contributed by atoms with E-state index in [1.807, 2.05) is 6.08 Å². The van der Waals surface area contributed by atoms with Crippen molar-refractivity contribution in [3.63, 3.8) is 0 Å². The van der Waals surface area contributed by atoms with Crippen molar-refractivity contribution in [1.82, 2.24) is 9.88 Å². The van der Waals surface area contributed by atoms with Gasteiger partial charge in [0, 0.05) is 35.6 Å². The maximum atomic E-state index is 12.4. The number of benzene rings is 1. The molecule has 154 valence electrons. The van der Waals surface area contributed by atoms with E-state index in [-0.39, 0.29) is 5.91 Å². The third kappa shape index (κ3) is 4.99. The summed E-state index contributed by atoms with van der Waals surface area (Å²) in [7, 11) is 0. The highest BCUT2D eigenvalue weighted by molar-refractivity contribution is 5.91. The number of nitrogens with zero attached hydrogens (tertiary/aromatic N) is 1. The Kier molecular flexibility index (Phi) is 6.19. The zero-order chi connectivity index (χ0) is 20.2. The summed E-state index contributed by atoms with van der Waals surface area (Å²) in [5.74, 6) is -0.0265. The lowest BCUT2D eigenvalue weighted by Gasteiger charge is -2.24. The summed E-state index contributed by atoms with van der Waals surface area (Å²) in [5, 5.41) is 3.08. The zero-order valence-electron chi connectivity index (χ0n) is 17.8. The van der Waals surface area contributed by atoms with Crippen LogP contribution in [0.1, 0.15) is 66.2 Å². The number of nitrogens with one attached hydrogen (secondary N) is 2. The average molecular weight is 393 g/mol. The molecule has 0 bridgehead atoms. The number of rotatable bonds is 7. The number of piperidine rings is 1. The van der Waals surface area contributed by atoms with E-state index in [4.69, 9.17) is 0 Å². The molecule has 1 aromatic carbocycles. The quantitative estimate of drug-likeness (QED) is 0.697. The van der Waals surface area contributed by atoms with Crippen molar-refractivity contribution in [2.45, 2.75) is 65.1 Å². The number of aromatic nitrogens is 1. The minimum Gasteiger partial charge on any atom is -0.348 e. The Morgan fingerprint density at radius 2 is 1.86 bits per heavy atom. The van der Waals surface area contributed by atoms with Gasteiger partial charge in [0.15, 0.2) is 0 Å². The van der Waals surface area contributed by atoms with Gasteiger partial charge in [-0.05, 0) is 69.2 Å². The first kappa shape index (κ1) is 20.0. The molecule has 1 aliphatic carbocycles. The highest BCUT2D eigenvalue weighted by Crippen LogP contribution is 2.38. The van der Waals surface area contributed by atoms with Gasteiger partial charge in [0.25, 0.3) is 0 Å². The predicted octanol–water partition coefficient (Wildman–Crippen LogP) is 3.34. The molecule has 0 spiro atoms. The first-order valence-corrected chi connectivity index (χ1v) is 11.2. The van der Waals surface area contributed by atoms with Crippen LogP contribution in [-0.2, 0) is 17.9 Å². The van der Waals surface area contributed by atoms with Gasteiger partial charge in [-0.3, -0.25) is 4.79 Å². The molecule has 1 amide bonds. The summed E-state index contributed by atoms with van der Waals surface area (Å²) < 4.78 is 2.41. The number of amides is 1. The minimum atomic E-state index is -0.0265. The number of carbonyl (C=O) groups excluding carboxylic acids is 1. The van der Waals surface area contributed by atoms with Gasteiger partial charge in [-0.25, -0.2) is 0 Å². The molecule has 2 aromatic rings. The number of likely N-dealkylation sites (tertiary alicyclic amines) is 1. The van der Waals surface area contributed by atoms with Gasteiger partial charge in [-0.15, -0.1) is 0 Å². The largest absolute Gasteiger partial charge is 0.348 e. The van der Waals surface area contributed by atoms with E-state index < -0.39 is 0 Å². The van der Waals surface area contributed by atoms with Crippen molar-refractivity contribution >= 4 is 12.0 Å². The average Bonchev–Trinajstić information content (AvgIpc) is 3.52. The minimum absolute atomic E-state index is 0.0265. The second-order valence-electron chi connectivity index (χ2n) is 8.73. The second-order valence-corrected chi connectivity index (χ2v) is 8.73. The zero-order valence-corrected chi connectivity index (χ0v) is 17.8. The van der Waals surface area contributed by atoms with Gasteiger partial charge in [-0.2, -0.15) is 0 Å². The normalized spacial score (nSPS) is 17.7. The molecule has 0 unspecified atom stereocenters. The van der Waals surface area contributed by atoms with Crippen LogP contribution in [-0.4, -0.2) is 23.6 Å². The molecule has 4 nitrogen and oxygen atoms in total. The van der Waals surface area contributed by atoms with Crippen LogP contribution in [0.2, 0.25) is 0 Å². The van der Waals surface area contributed by atoms with Gasteiger partial charge in [0.05, 0.1) is 13.1 Å². The fourth-order valence-corrected chi connectivity index (χ4v) is 4.67. The lowest BCUT2D eigenvalue weighted by atomic mass is 10.0. The molecule has 1 aromatic heterocycles. The molecule has 2 N–H and O–H groups in total. The van der Waals surface area contributed by atoms with E-state index in [0.717, 1.165) is 12.1 Å². The topological polar surface area (TPSA) is 38.5 Å². The smallest absolute Gasteiger partial charge is 0.244 e. The molecular formula is C25H34N3O+. The maximum Gasteiger partial charge on any atom is 0.244 e. The second kappa shape index (κ2) is 9.00. The van der Waals surface area contributed by atoms with Gasteiger partial charge in [0.1, 0.15) is 6.54 Å². The lowest BCUT2D eigenvalue weighted by molar-refractivity contribution is -0.918. The van der Waals surface area contributed by atoms with Crippen molar-refractivity contribution in [2.24, 2.45) is 0 Å². The van der Waals surface area contributed by atoms with Crippen LogP contribution in [0.25, 0.3) is 6.08 Å². The van der Waals surface area contributed by atoms with E-state index in [0.29, 0.717) is 12.6 Å². The van der Waals surface area contributed by atoms with Crippen LogP contribution in [0.5, 0.6) is 0 Å². The number of hydrogen-bond acceptors (Lipinski definition) is 1. The van der Waals surface area contributed by atoms with E-state index in [1.54, 1.807) is 11.0 Å². The molecule has 2 fully saturated rings. The Morgan fingerprint density at radius 1 is 1.14 bits per heavy atom. The first-order valence-electron chi connectivity index (χ1n) is 11.2. The summed E-state index contributed by atoms with van der Waals surface area (Å²) in [6, 6.07) is 11.4. The summed E-state index contributed by atoms with van der Waals surface area (Å²) in [4.78, 5) is 14.1. The highest BCUT2D eigenvalue weighted by atomic mass is 16.1. The summed E-state index contributed by atoms with van der Waals surface area (Å²) in [5.41, 5.74) is 6.31. The van der Waals surface area contributed by atoms with E-state index >= 15 is 0 Å². The fraction of sp³-hybridized carbons (Fsp3) is 0.480. The summed E-state index contributed by atoms with van der Waals surface area (Å²) in [6.45, 7) is 8.50. The van der Waals surface area contributed by atoms with Crippen LogP contribution in [0.15, 0.2) is 36.4 Å². The van der Waals surface area contributed by atoms with Crippen molar-refractivity contribution in [1.29, 1.82) is 0 Å². The van der Waals surface area contributed by atoms with Crippen LogP contribution >= 0.6 is 0 Å². The fourth-order valence-electron chi connectivity index (χ4n) is 4.67. The molecule has 2 aliphatic rings. The third-order valence-corrected chi connectivity index (χ3v) is 6.42. The molecule has 4 rings (SSSR count). The SMILES string of the molecule is Cc1cc(/C=C/C(=O)NCc2ccccc2C[NH+]2CCCCC2)c(C)n1C1CC1. The Labute approximate surface area is 174 Å². The van der Waals surface area contributed by atoms with Crippen LogP contribution in [0, 0.1) is 13.8 Å². The van der Waals surface area contributed by atoms with Gasteiger partial charge in [-0.1, -0.05) is 24.3 Å².